The molecule has 0 aliphatic carbocycles. The zero-order valence-corrected chi connectivity index (χ0v) is 17.9. The molecule has 0 atom stereocenters. The summed E-state index contributed by atoms with van der Waals surface area (Å²) in [5.74, 6) is -0.0764. The fourth-order valence-corrected chi connectivity index (χ4v) is 3.78. The van der Waals surface area contributed by atoms with Gasteiger partial charge in [0.15, 0.2) is 0 Å². The number of nitrogens with zero attached hydrogens (tertiary/aromatic N) is 1. The summed E-state index contributed by atoms with van der Waals surface area (Å²) >= 11 is 0. The highest BCUT2D eigenvalue weighted by Crippen LogP contribution is 2.22. The molecule has 3 N–H and O–H groups in total. The molecule has 1 fully saturated rings. The number of hydrogen-bond donors (Lipinski definition) is 3. The number of carbonyl (C=O) groups excluding carboxylic acids is 1. The minimum Gasteiger partial charge on any atom is -0.393 e. The van der Waals surface area contributed by atoms with E-state index in [9.17, 15) is 18.3 Å². The van der Waals surface area contributed by atoms with E-state index in [1.165, 1.54) is 0 Å². The largest absolute Gasteiger partial charge is 0.393 e. The van der Waals surface area contributed by atoms with Crippen molar-refractivity contribution < 1.29 is 18.3 Å². The second kappa shape index (κ2) is 9.71. The summed E-state index contributed by atoms with van der Waals surface area (Å²) in [5.41, 5.74) is 1.84. The van der Waals surface area contributed by atoms with Crippen LogP contribution < -0.4 is 14.9 Å². The van der Waals surface area contributed by atoms with Crippen molar-refractivity contribution in [2.75, 3.05) is 29.9 Å². The summed E-state index contributed by atoms with van der Waals surface area (Å²) in [7, 11) is -3.33. The number of anilines is 2. The molecule has 1 saturated heterocycles. The molecular formula is C20H33N3O4S. The minimum atomic E-state index is -3.33. The lowest BCUT2D eigenvalue weighted by atomic mass is 10.1. The molecule has 28 heavy (non-hydrogen) atoms. The number of nitrogens with one attached hydrogen (secondary N) is 2. The molecule has 1 aromatic rings. The molecule has 158 valence electrons. The second-order valence-corrected chi connectivity index (χ2v) is 10.8. The summed E-state index contributed by atoms with van der Waals surface area (Å²) in [6.07, 6.45) is 2.95. The highest BCUT2D eigenvalue weighted by atomic mass is 32.2. The molecule has 0 spiro atoms. The van der Waals surface area contributed by atoms with Gasteiger partial charge in [-0.1, -0.05) is 0 Å². The molecule has 8 heteroatoms. The van der Waals surface area contributed by atoms with Crippen LogP contribution in [-0.2, 0) is 14.8 Å². The Kier molecular flexibility index (Phi) is 7.86. The van der Waals surface area contributed by atoms with E-state index in [-0.39, 0.29) is 12.0 Å². The third-order valence-corrected chi connectivity index (χ3v) is 7.11. The number of hydrogen-bond acceptors (Lipinski definition) is 5. The average Bonchev–Trinajstić information content (AvgIpc) is 2.62. The van der Waals surface area contributed by atoms with Crippen LogP contribution in [0.25, 0.3) is 0 Å². The second-order valence-electron chi connectivity index (χ2n) is 8.28. The Balaban J connectivity index is 1.69. The fourth-order valence-electron chi connectivity index (χ4n) is 2.94. The maximum atomic E-state index is 12.1. The molecule has 1 aromatic carbocycles. The average molecular weight is 412 g/mol. The predicted molar refractivity (Wildman–Crippen MR) is 113 cm³/mol. The topological polar surface area (TPSA) is 98.7 Å². The van der Waals surface area contributed by atoms with Crippen molar-refractivity contribution in [3.8, 4) is 0 Å². The van der Waals surface area contributed by atoms with Gasteiger partial charge in [0.2, 0.25) is 15.9 Å². The van der Waals surface area contributed by atoms with Gasteiger partial charge in [-0.2, -0.15) is 0 Å². The van der Waals surface area contributed by atoms with Crippen LogP contribution in [0.2, 0.25) is 0 Å². The van der Waals surface area contributed by atoms with Crippen molar-refractivity contribution in [1.29, 1.82) is 0 Å². The maximum absolute atomic E-state index is 12.1. The van der Waals surface area contributed by atoms with Crippen molar-refractivity contribution in [3.63, 3.8) is 0 Å². The Morgan fingerprint density at radius 1 is 1.14 bits per heavy atom. The number of aliphatic hydroxyl groups excluding tert-OH is 1. The number of benzene rings is 1. The summed E-state index contributed by atoms with van der Waals surface area (Å²) in [5, 5.41) is 12.5. The zero-order chi connectivity index (χ0) is 20.8. The van der Waals surface area contributed by atoms with Crippen molar-refractivity contribution in [2.45, 2.75) is 63.7 Å². The molecule has 0 bridgehead atoms. The first-order valence-corrected chi connectivity index (χ1v) is 11.4. The van der Waals surface area contributed by atoms with Gasteiger partial charge < -0.3 is 15.3 Å². The Morgan fingerprint density at radius 2 is 1.75 bits per heavy atom. The van der Waals surface area contributed by atoms with Gasteiger partial charge in [0, 0.05) is 37.4 Å². The normalized spacial score (nSPS) is 16.2. The SMILES string of the molecule is CC(C)(C)S(=O)(=O)NCCCCC(=O)Nc1ccc(N2CCC(O)CC2)cc1. The number of rotatable bonds is 8. The molecule has 1 aliphatic rings. The molecule has 1 heterocycles. The van der Waals surface area contributed by atoms with Crippen LogP contribution in [0.5, 0.6) is 0 Å². The van der Waals surface area contributed by atoms with Gasteiger partial charge in [0.1, 0.15) is 0 Å². The number of carbonyl (C=O) groups is 1. The Morgan fingerprint density at radius 3 is 2.32 bits per heavy atom. The number of sulfonamides is 1. The first kappa shape index (κ1) is 22.6. The molecule has 1 amide bonds. The molecule has 2 rings (SSSR count). The van der Waals surface area contributed by atoms with Crippen molar-refractivity contribution in [3.05, 3.63) is 24.3 Å². The van der Waals surface area contributed by atoms with E-state index in [1.54, 1.807) is 20.8 Å². The molecule has 0 unspecified atom stereocenters. The summed E-state index contributed by atoms with van der Waals surface area (Å²) < 4.78 is 25.6. The minimum absolute atomic E-state index is 0.0764. The summed E-state index contributed by atoms with van der Waals surface area (Å²) in [6, 6.07) is 7.73. The van der Waals surface area contributed by atoms with E-state index in [0.29, 0.717) is 25.8 Å². The van der Waals surface area contributed by atoms with E-state index in [0.717, 1.165) is 37.3 Å². The van der Waals surface area contributed by atoms with Crippen molar-refractivity contribution in [2.24, 2.45) is 0 Å². The quantitative estimate of drug-likeness (QED) is 0.571. The number of aliphatic hydroxyl groups is 1. The Labute approximate surface area is 168 Å². The van der Waals surface area contributed by atoms with Crippen LogP contribution in [0.1, 0.15) is 52.9 Å². The van der Waals surface area contributed by atoms with Crippen LogP contribution >= 0.6 is 0 Å². The Bertz CT molecular complexity index is 734. The standard InChI is InChI=1S/C20H33N3O4S/c1-20(2,3)28(26,27)21-13-5-4-6-19(25)22-16-7-9-17(10-8-16)23-14-11-18(24)12-15-23/h7-10,18,21,24H,4-6,11-15H2,1-3H3,(H,22,25). The lowest BCUT2D eigenvalue weighted by molar-refractivity contribution is -0.116. The van der Waals surface area contributed by atoms with E-state index >= 15 is 0 Å². The molecule has 0 aromatic heterocycles. The smallest absolute Gasteiger partial charge is 0.224 e. The van der Waals surface area contributed by atoms with Gasteiger partial charge in [0.05, 0.1) is 10.9 Å². The van der Waals surface area contributed by atoms with E-state index < -0.39 is 14.8 Å². The van der Waals surface area contributed by atoms with Crippen LogP contribution in [0.15, 0.2) is 24.3 Å². The van der Waals surface area contributed by atoms with Crippen molar-refractivity contribution >= 4 is 27.3 Å². The van der Waals surface area contributed by atoms with Crippen molar-refractivity contribution in [1.82, 2.24) is 4.72 Å². The van der Waals surface area contributed by atoms with Gasteiger partial charge in [-0.3, -0.25) is 4.79 Å². The fraction of sp³-hybridized carbons (Fsp3) is 0.650. The van der Waals surface area contributed by atoms with Crippen LogP contribution in [-0.4, -0.2) is 49.9 Å². The van der Waals surface area contributed by atoms with Crippen LogP contribution in [0.4, 0.5) is 11.4 Å². The monoisotopic (exact) mass is 411 g/mol. The first-order valence-electron chi connectivity index (χ1n) is 9.90. The highest BCUT2D eigenvalue weighted by molar-refractivity contribution is 7.90. The van der Waals surface area contributed by atoms with Crippen LogP contribution in [0.3, 0.4) is 0 Å². The van der Waals surface area contributed by atoms with E-state index in [2.05, 4.69) is 14.9 Å². The van der Waals surface area contributed by atoms with Crippen LogP contribution in [0, 0.1) is 0 Å². The van der Waals surface area contributed by atoms with Gasteiger partial charge in [0.25, 0.3) is 0 Å². The third kappa shape index (κ3) is 6.76. The third-order valence-electron chi connectivity index (χ3n) is 4.91. The highest BCUT2D eigenvalue weighted by Gasteiger charge is 2.28. The zero-order valence-electron chi connectivity index (χ0n) is 17.1. The molecule has 1 aliphatic heterocycles. The number of amides is 1. The lowest BCUT2D eigenvalue weighted by Gasteiger charge is -2.31. The van der Waals surface area contributed by atoms with E-state index in [1.807, 2.05) is 24.3 Å². The molecule has 0 radical (unpaired) electrons. The molecule has 7 nitrogen and oxygen atoms in total. The van der Waals surface area contributed by atoms with Gasteiger partial charge in [-0.25, -0.2) is 13.1 Å². The predicted octanol–water partition coefficient (Wildman–Crippen LogP) is 2.47. The maximum Gasteiger partial charge on any atom is 0.224 e. The Hall–Kier alpha value is -1.64. The van der Waals surface area contributed by atoms with E-state index in [4.69, 9.17) is 0 Å². The molecular weight excluding hydrogens is 378 g/mol. The summed E-state index contributed by atoms with van der Waals surface area (Å²) in [6.45, 7) is 6.98. The molecule has 0 saturated carbocycles. The van der Waals surface area contributed by atoms with Gasteiger partial charge in [-0.05, 0) is 70.7 Å². The first-order chi connectivity index (χ1) is 13.1. The summed E-state index contributed by atoms with van der Waals surface area (Å²) in [4.78, 5) is 14.3. The number of piperidine rings is 1. The number of unbranched alkanes of at least 4 members (excludes halogenated alkanes) is 1. The van der Waals surface area contributed by atoms with Gasteiger partial charge in [-0.15, -0.1) is 0 Å². The van der Waals surface area contributed by atoms with Gasteiger partial charge >= 0.3 is 0 Å². The lowest BCUT2D eigenvalue weighted by Crippen LogP contribution is -2.39.